The van der Waals surface area contributed by atoms with E-state index in [1.54, 1.807) is 4.68 Å². The lowest BCUT2D eigenvalue weighted by molar-refractivity contribution is 0.0746. The minimum Gasteiger partial charge on any atom is -0.368 e. The Bertz CT molecular complexity index is 1300. The highest BCUT2D eigenvalue weighted by Crippen LogP contribution is 2.39. The molecule has 0 unspecified atom stereocenters. The summed E-state index contributed by atoms with van der Waals surface area (Å²) in [5.74, 6) is 1.81. The lowest BCUT2D eigenvalue weighted by Crippen LogP contribution is -2.48. The SMILES string of the molecule is Cc1nn(-c2ccc(-c3noc(C4CC4)n3)cc2)cc1C(=O)N1CCN(c2ccccc2)CC1. The summed E-state index contributed by atoms with van der Waals surface area (Å²) in [5, 5.41) is 8.71. The molecule has 172 valence electrons. The van der Waals surface area contributed by atoms with Crippen LogP contribution in [0.5, 0.6) is 0 Å². The molecule has 2 aromatic heterocycles. The molecular weight excluding hydrogens is 428 g/mol. The van der Waals surface area contributed by atoms with Crippen molar-refractivity contribution in [2.75, 3.05) is 31.1 Å². The molecule has 0 radical (unpaired) electrons. The fourth-order valence-corrected chi connectivity index (χ4v) is 4.39. The molecule has 2 aliphatic rings. The molecule has 0 atom stereocenters. The zero-order chi connectivity index (χ0) is 23.1. The zero-order valence-corrected chi connectivity index (χ0v) is 19.1. The normalized spacial score (nSPS) is 16.1. The first-order valence-corrected chi connectivity index (χ1v) is 11.8. The molecule has 2 fully saturated rings. The van der Waals surface area contributed by atoms with E-state index in [1.165, 1.54) is 5.69 Å². The van der Waals surface area contributed by atoms with Crippen molar-refractivity contribution < 1.29 is 9.32 Å². The van der Waals surface area contributed by atoms with Crippen LogP contribution in [0.4, 0.5) is 5.69 Å². The Hall–Kier alpha value is -3.94. The lowest BCUT2D eigenvalue weighted by atomic mass is 10.2. The Morgan fingerprint density at radius 2 is 1.68 bits per heavy atom. The molecule has 2 aromatic carbocycles. The topological polar surface area (TPSA) is 80.3 Å². The van der Waals surface area contributed by atoms with Gasteiger partial charge < -0.3 is 14.3 Å². The van der Waals surface area contributed by atoms with Crippen LogP contribution in [-0.4, -0.2) is 56.9 Å². The predicted octanol–water partition coefficient (Wildman–Crippen LogP) is 4.07. The van der Waals surface area contributed by atoms with Crippen molar-refractivity contribution in [1.82, 2.24) is 24.8 Å². The van der Waals surface area contributed by atoms with Crippen LogP contribution in [0, 0.1) is 6.92 Å². The van der Waals surface area contributed by atoms with Crippen LogP contribution in [0.1, 0.15) is 40.7 Å². The molecule has 3 heterocycles. The van der Waals surface area contributed by atoms with E-state index in [4.69, 9.17) is 4.52 Å². The Morgan fingerprint density at radius 3 is 2.38 bits per heavy atom. The number of rotatable bonds is 5. The van der Waals surface area contributed by atoms with Gasteiger partial charge >= 0.3 is 0 Å². The smallest absolute Gasteiger partial charge is 0.257 e. The summed E-state index contributed by atoms with van der Waals surface area (Å²) in [4.78, 5) is 22.0. The number of anilines is 1. The van der Waals surface area contributed by atoms with Gasteiger partial charge in [-0.1, -0.05) is 23.4 Å². The quantitative estimate of drug-likeness (QED) is 0.452. The van der Waals surface area contributed by atoms with E-state index in [-0.39, 0.29) is 5.91 Å². The fraction of sp³-hybridized carbons (Fsp3) is 0.308. The van der Waals surface area contributed by atoms with Crippen molar-refractivity contribution in [3.05, 3.63) is 77.9 Å². The van der Waals surface area contributed by atoms with Gasteiger partial charge in [0.1, 0.15) is 0 Å². The number of carbonyl (C=O) groups excluding carboxylic acids is 1. The van der Waals surface area contributed by atoms with Crippen molar-refractivity contribution in [1.29, 1.82) is 0 Å². The Balaban J connectivity index is 1.14. The van der Waals surface area contributed by atoms with Crippen LogP contribution < -0.4 is 4.90 Å². The maximum absolute atomic E-state index is 13.2. The summed E-state index contributed by atoms with van der Waals surface area (Å²) in [5.41, 5.74) is 4.35. The van der Waals surface area contributed by atoms with Gasteiger partial charge in [-0.2, -0.15) is 10.1 Å². The van der Waals surface area contributed by atoms with Crippen molar-refractivity contribution in [2.24, 2.45) is 0 Å². The molecule has 1 saturated carbocycles. The largest absolute Gasteiger partial charge is 0.368 e. The molecule has 0 N–H and O–H groups in total. The number of carbonyl (C=O) groups is 1. The second-order valence-electron chi connectivity index (χ2n) is 8.96. The number of aromatic nitrogens is 4. The summed E-state index contributed by atoms with van der Waals surface area (Å²) in [6.07, 6.45) is 4.09. The van der Waals surface area contributed by atoms with Crippen molar-refractivity contribution in [3.8, 4) is 17.1 Å². The van der Waals surface area contributed by atoms with Crippen LogP contribution in [0.3, 0.4) is 0 Å². The second kappa shape index (κ2) is 8.44. The van der Waals surface area contributed by atoms with E-state index >= 15 is 0 Å². The van der Waals surface area contributed by atoms with E-state index in [0.29, 0.717) is 30.4 Å². The maximum Gasteiger partial charge on any atom is 0.257 e. The van der Waals surface area contributed by atoms with Crippen LogP contribution in [0.15, 0.2) is 65.3 Å². The lowest BCUT2D eigenvalue weighted by Gasteiger charge is -2.36. The number of hydrogen-bond donors (Lipinski definition) is 0. The first kappa shape index (κ1) is 20.7. The number of piperazine rings is 1. The molecule has 8 heteroatoms. The zero-order valence-electron chi connectivity index (χ0n) is 19.1. The van der Waals surface area contributed by atoms with E-state index in [9.17, 15) is 4.79 Å². The third-order valence-corrected chi connectivity index (χ3v) is 6.58. The van der Waals surface area contributed by atoms with Gasteiger partial charge in [0, 0.05) is 49.5 Å². The Labute approximate surface area is 197 Å². The van der Waals surface area contributed by atoms with Crippen LogP contribution >= 0.6 is 0 Å². The minimum absolute atomic E-state index is 0.0347. The van der Waals surface area contributed by atoms with E-state index < -0.39 is 0 Å². The van der Waals surface area contributed by atoms with Crippen molar-refractivity contribution in [2.45, 2.75) is 25.7 Å². The third-order valence-electron chi connectivity index (χ3n) is 6.58. The summed E-state index contributed by atoms with van der Waals surface area (Å²) in [6.45, 7) is 4.92. The van der Waals surface area contributed by atoms with Gasteiger partial charge in [0.15, 0.2) is 0 Å². The summed E-state index contributed by atoms with van der Waals surface area (Å²) in [6, 6.07) is 18.2. The number of amides is 1. The fourth-order valence-electron chi connectivity index (χ4n) is 4.39. The molecule has 0 bridgehead atoms. The molecular formula is C26H26N6O2. The average molecular weight is 455 g/mol. The molecule has 34 heavy (non-hydrogen) atoms. The first-order chi connectivity index (χ1) is 16.7. The molecule has 1 aliphatic carbocycles. The third kappa shape index (κ3) is 3.96. The van der Waals surface area contributed by atoms with Crippen LogP contribution in [0.25, 0.3) is 17.1 Å². The van der Waals surface area contributed by atoms with Gasteiger partial charge in [-0.15, -0.1) is 0 Å². The molecule has 6 rings (SSSR count). The van der Waals surface area contributed by atoms with E-state index in [0.717, 1.165) is 48.8 Å². The van der Waals surface area contributed by atoms with E-state index in [1.807, 2.05) is 60.5 Å². The highest BCUT2D eigenvalue weighted by Gasteiger charge is 2.30. The Kier molecular flexibility index (Phi) is 5.13. The van der Waals surface area contributed by atoms with Gasteiger partial charge in [-0.05, 0) is 56.2 Å². The van der Waals surface area contributed by atoms with Gasteiger partial charge in [0.2, 0.25) is 11.7 Å². The molecule has 0 spiro atoms. The summed E-state index contributed by atoms with van der Waals surface area (Å²) < 4.78 is 7.13. The van der Waals surface area contributed by atoms with Gasteiger partial charge in [-0.3, -0.25) is 4.79 Å². The predicted molar refractivity (Wildman–Crippen MR) is 128 cm³/mol. The van der Waals surface area contributed by atoms with E-state index in [2.05, 4.69) is 32.3 Å². The number of para-hydroxylation sites is 1. The standard InChI is InChI=1S/C26H26N6O2/c1-18-23(26(33)31-15-13-30(14-16-31)21-5-3-2-4-6-21)17-32(28-18)22-11-9-19(10-12-22)24-27-25(34-29-24)20-7-8-20/h2-6,9-12,17,20H,7-8,13-16H2,1H3. The molecule has 1 amide bonds. The molecule has 8 nitrogen and oxygen atoms in total. The number of aryl methyl sites for hydroxylation is 1. The highest BCUT2D eigenvalue weighted by atomic mass is 16.5. The van der Waals surface area contributed by atoms with Gasteiger partial charge in [0.25, 0.3) is 5.91 Å². The van der Waals surface area contributed by atoms with Crippen molar-refractivity contribution >= 4 is 11.6 Å². The number of nitrogens with zero attached hydrogens (tertiary/aromatic N) is 6. The molecule has 1 saturated heterocycles. The molecule has 1 aliphatic heterocycles. The van der Waals surface area contributed by atoms with Gasteiger partial charge in [0.05, 0.1) is 16.9 Å². The first-order valence-electron chi connectivity index (χ1n) is 11.8. The molecule has 4 aromatic rings. The maximum atomic E-state index is 13.2. The number of benzene rings is 2. The monoisotopic (exact) mass is 454 g/mol. The highest BCUT2D eigenvalue weighted by molar-refractivity contribution is 5.95. The minimum atomic E-state index is 0.0347. The summed E-state index contributed by atoms with van der Waals surface area (Å²) in [7, 11) is 0. The van der Waals surface area contributed by atoms with Crippen molar-refractivity contribution in [3.63, 3.8) is 0 Å². The van der Waals surface area contributed by atoms with Crippen LogP contribution in [0.2, 0.25) is 0 Å². The number of hydrogen-bond acceptors (Lipinski definition) is 6. The second-order valence-corrected chi connectivity index (χ2v) is 8.96. The van der Waals surface area contributed by atoms with Crippen LogP contribution in [-0.2, 0) is 0 Å². The van der Waals surface area contributed by atoms with Gasteiger partial charge in [-0.25, -0.2) is 4.68 Å². The Morgan fingerprint density at radius 1 is 0.941 bits per heavy atom. The summed E-state index contributed by atoms with van der Waals surface area (Å²) >= 11 is 0. The average Bonchev–Trinajstić information content (AvgIpc) is 3.49.